The summed E-state index contributed by atoms with van der Waals surface area (Å²) in [7, 11) is 1.67. The number of benzene rings is 2. The summed E-state index contributed by atoms with van der Waals surface area (Å²) in [6.07, 6.45) is 4.73. The number of rotatable bonds is 13. The Hall–Kier alpha value is -3.83. The summed E-state index contributed by atoms with van der Waals surface area (Å²) in [4.78, 5) is 27.9. The molecule has 2 aromatic carbocycles. The van der Waals surface area contributed by atoms with E-state index in [1.165, 1.54) is 0 Å². The lowest BCUT2D eigenvalue weighted by molar-refractivity contribution is -0.405. The van der Waals surface area contributed by atoms with Crippen LogP contribution in [0.5, 0.6) is 11.5 Å². The van der Waals surface area contributed by atoms with Crippen LogP contribution in [0.2, 0.25) is 0 Å². The third kappa shape index (κ3) is 9.35. The zero-order valence-electron chi connectivity index (χ0n) is 27.9. The third-order valence-corrected chi connectivity index (χ3v) is 8.70. The standard InChI is InChI=1S/C35H50N4O7/c1-26-13-6-8-16-30(26)45-31-17-9-7-15-29(31)35(41,19-10-11-22-44-5)27-14-12-20-37(23-27)32(25-39(42)43)38-21-18-28(24-38)36-33(40)46-34(2,3)4/h6-9,13,15-17,25,27-28,41H,10-12,14,18-24H2,1-5H3,(H,36,40)/b32-25-/t27-,28+,35+/m1/s1. The molecule has 0 radical (unpaired) electrons. The Morgan fingerprint density at radius 2 is 1.74 bits per heavy atom. The Labute approximate surface area is 272 Å². The molecule has 46 heavy (non-hydrogen) atoms. The number of likely N-dealkylation sites (tertiary alicyclic amines) is 2. The lowest BCUT2D eigenvalue weighted by atomic mass is 9.73. The molecule has 1 amide bonds. The SMILES string of the molecule is COCCCC[C@@](O)(c1ccccc1Oc1ccccc1C)[C@@H]1CCCN(/C(=C/[N+](=O)[O-])N2CC[C@H](NC(=O)OC(C)(C)C)C2)C1. The van der Waals surface area contributed by atoms with E-state index in [9.17, 15) is 20.0 Å². The number of hydrogen-bond donors (Lipinski definition) is 2. The highest BCUT2D eigenvalue weighted by atomic mass is 16.6. The molecule has 252 valence electrons. The predicted molar refractivity (Wildman–Crippen MR) is 176 cm³/mol. The van der Waals surface area contributed by atoms with Crippen molar-refractivity contribution in [2.75, 3.05) is 39.9 Å². The highest BCUT2D eigenvalue weighted by Gasteiger charge is 2.43. The maximum atomic E-state index is 12.7. The molecule has 0 unspecified atom stereocenters. The van der Waals surface area contributed by atoms with E-state index in [0.717, 1.165) is 43.2 Å². The lowest BCUT2D eigenvalue weighted by Gasteiger charge is -2.45. The van der Waals surface area contributed by atoms with Crippen molar-refractivity contribution in [2.24, 2.45) is 5.92 Å². The first-order valence-electron chi connectivity index (χ1n) is 16.3. The first-order chi connectivity index (χ1) is 21.9. The van der Waals surface area contributed by atoms with Gasteiger partial charge in [0.25, 0.3) is 6.20 Å². The molecular formula is C35H50N4O7. The number of nitrogens with one attached hydrogen (secondary N) is 1. The second-order valence-corrected chi connectivity index (χ2v) is 13.4. The number of carbonyl (C=O) groups is 1. The highest BCUT2D eigenvalue weighted by molar-refractivity contribution is 5.68. The molecule has 2 heterocycles. The van der Waals surface area contributed by atoms with Crippen molar-refractivity contribution < 1.29 is 29.0 Å². The van der Waals surface area contributed by atoms with Crippen LogP contribution in [0.25, 0.3) is 0 Å². The van der Waals surface area contributed by atoms with Gasteiger partial charge in [0.05, 0.1) is 16.6 Å². The zero-order valence-corrected chi connectivity index (χ0v) is 27.9. The normalized spacial score (nSPS) is 20.3. The van der Waals surface area contributed by atoms with E-state index in [-0.39, 0.29) is 12.0 Å². The van der Waals surface area contributed by atoms with Crippen LogP contribution in [-0.4, -0.2) is 77.5 Å². The van der Waals surface area contributed by atoms with Crippen molar-refractivity contribution in [3.05, 3.63) is 81.8 Å². The number of nitrogens with zero attached hydrogens (tertiary/aromatic N) is 3. The maximum absolute atomic E-state index is 12.7. The Morgan fingerprint density at radius 1 is 1.04 bits per heavy atom. The number of hydrogen-bond acceptors (Lipinski definition) is 9. The molecule has 2 saturated heterocycles. The average Bonchev–Trinajstić information content (AvgIpc) is 3.46. The van der Waals surface area contributed by atoms with E-state index < -0.39 is 22.2 Å². The van der Waals surface area contributed by atoms with Gasteiger partial charge < -0.3 is 34.4 Å². The van der Waals surface area contributed by atoms with Gasteiger partial charge in [0.2, 0.25) is 0 Å². The fourth-order valence-electron chi connectivity index (χ4n) is 6.50. The van der Waals surface area contributed by atoms with E-state index >= 15 is 0 Å². The third-order valence-electron chi connectivity index (χ3n) is 8.70. The van der Waals surface area contributed by atoms with Crippen molar-refractivity contribution in [3.8, 4) is 11.5 Å². The molecule has 4 rings (SSSR count). The minimum atomic E-state index is -1.25. The first kappa shape index (κ1) is 35.0. The minimum absolute atomic E-state index is 0.200. The maximum Gasteiger partial charge on any atom is 0.407 e. The topological polar surface area (TPSA) is 127 Å². The number of para-hydroxylation sites is 2. The molecule has 0 aliphatic carbocycles. The van der Waals surface area contributed by atoms with Gasteiger partial charge in [-0.3, -0.25) is 10.1 Å². The average molecular weight is 639 g/mol. The molecular weight excluding hydrogens is 588 g/mol. The largest absolute Gasteiger partial charge is 0.457 e. The van der Waals surface area contributed by atoms with E-state index in [2.05, 4.69) is 5.32 Å². The molecule has 0 aromatic heterocycles. The van der Waals surface area contributed by atoms with Crippen LogP contribution in [0, 0.1) is 23.0 Å². The van der Waals surface area contributed by atoms with Gasteiger partial charge in [-0.15, -0.1) is 0 Å². The number of carbonyl (C=O) groups excluding carboxylic acids is 1. The number of piperidine rings is 1. The van der Waals surface area contributed by atoms with Crippen molar-refractivity contribution in [2.45, 2.75) is 83.5 Å². The molecule has 2 fully saturated rings. The lowest BCUT2D eigenvalue weighted by Crippen LogP contribution is -2.48. The van der Waals surface area contributed by atoms with Crippen LogP contribution >= 0.6 is 0 Å². The van der Waals surface area contributed by atoms with Crippen LogP contribution < -0.4 is 10.1 Å². The van der Waals surface area contributed by atoms with Crippen LogP contribution in [0.4, 0.5) is 4.79 Å². The van der Waals surface area contributed by atoms with E-state index in [4.69, 9.17) is 14.2 Å². The quantitative estimate of drug-likeness (QED) is 0.150. The Balaban J connectivity index is 1.59. The summed E-state index contributed by atoms with van der Waals surface area (Å²) in [5, 5.41) is 27.5. The molecule has 2 aliphatic heterocycles. The number of unbranched alkanes of at least 4 members (excludes halogenated alkanes) is 1. The summed E-state index contributed by atoms with van der Waals surface area (Å²) in [6.45, 7) is 10.0. The fourth-order valence-corrected chi connectivity index (χ4v) is 6.50. The number of aryl methyl sites for hydroxylation is 1. The Bertz CT molecular complexity index is 1360. The van der Waals surface area contributed by atoms with Crippen molar-refractivity contribution >= 4 is 6.09 Å². The highest BCUT2D eigenvalue weighted by Crippen LogP contribution is 2.45. The molecule has 0 bridgehead atoms. The van der Waals surface area contributed by atoms with Gasteiger partial charge in [-0.2, -0.15) is 0 Å². The van der Waals surface area contributed by atoms with Gasteiger partial charge in [0, 0.05) is 51.4 Å². The molecule has 0 spiro atoms. The number of amides is 1. The summed E-state index contributed by atoms with van der Waals surface area (Å²) in [5.74, 6) is 1.59. The summed E-state index contributed by atoms with van der Waals surface area (Å²) in [6, 6.07) is 15.2. The van der Waals surface area contributed by atoms with Gasteiger partial charge in [-0.25, -0.2) is 4.79 Å². The summed E-state index contributed by atoms with van der Waals surface area (Å²) < 4.78 is 17.2. The fraction of sp³-hybridized carbons (Fsp3) is 0.571. The number of nitro groups is 1. The molecule has 11 heteroatoms. The van der Waals surface area contributed by atoms with E-state index in [0.29, 0.717) is 62.8 Å². The molecule has 11 nitrogen and oxygen atoms in total. The molecule has 2 N–H and O–H groups in total. The molecule has 2 aromatic rings. The van der Waals surface area contributed by atoms with Crippen molar-refractivity contribution in [3.63, 3.8) is 0 Å². The second-order valence-electron chi connectivity index (χ2n) is 13.4. The van der Waals surface area contributed by atoms with Gasteiger partial charge in [-0.1, -0.05) is 36.4 Å². The van der Waals surface area contributed by atoms with Crippen LogP contribution in [0.1, 0.15) is 70.4 Å². The Kier molecular flexibility index (Phi) is 11.9. The molecule has 2 aliphatic rings. The van der Waals surface area contributed by atoms with E-state index in [1.807, 2.05) is 86.0 Å². The predicted octanol–water partition coefficient (Wildman–Crippen LogP) is 6.18. The second kappa shape index (κ2) is 15.6. The zero-order chi connectivity index (χ0) is 33.3. The van der Waals surface area contributed by atoms with Crippen molar-refractivity contribution in [1.29, 1.82) is 0 Å². The van der Waals surface area contributed by atoms with E-state index in [1.54, 1.807) is 7.11 Å². The van der Waals surface area contributed by atoms with Crippen molar-refractivity contribution in [1.82, 2.24) is 15.1 Å². The van der Waals surface area contributed by atoms with Gasteiger partial charge >= 0.3 is 6.09 Å². The summed E-state index contributed by atoms with van der Waals surface area (Å²) >= 11 is 0. The summed E-state index contributed by atoms with van der Waals surface area (Å²) in [5.41, 5.74) is -0.169. The Morgan fingerprint density at radius 3 is 2.43 bits per heavy atom. The number of methoxy groups -OCH3 is 1. The van der Waals surface area contributed by atoms with Gasteiger partial charge in [0.1, 0.15) is 17.1 Å². The van der Waals surface area contributed by atoms with Crippen LogP contribution in [-0.2, 0) is 15.1 Å². The molecule has 0 saturated carbocycles. The minimum Gasteiger partial charge on any atom is -0.457 e. The van der Waals surface area contributed by atoms with Crippen LogP contribution in [0.15, 0.2) is 60.6 Å². The number of ether oxygens (including phenoxy) is 3. The smallest absolute Gasteiger partial charge is 0.407 e. The monoisotopic (exact) mass is 638 g/mol. The first-order valence-corrected chi connectivity index (χ1v) is 16.3. The molecule has 3 atom stereocenters. The van der Waals surface area contributed by atoms with Crippen LogP contribution in [0.3, 0.4) is 0 Å². The number of aliphatic hydroxyl groups is 1. The van der Waals surface area contributed by atoms with Gasteiger partial charge in [0.15, 0.2) is 5.82 Å². The number of alkyl carbamates (subject to hydrolysis) is 1. The van der Waals surface area contributed by atoms with Gasteiger partial charge in [-0.05, 0) is 83.9 Å².